The number of hydrogen-bond donors (Lipinski definition) is 2. The van der Waals surface area contributed by atoms with Crippen molar-refractivity contribution in [2.24, 2.45) is 0 Å². The molecule has 39 heavy (non-hydrogen) atoms. The van der Waals surface area contributed by atoms with Crippen molar-refractivity contribution in [2.45, 2.75) is 56.7 Å². The maximum Gasteiger partial charge on any atom is 0.280 e. The van der Waals surface area contributed by atoms with E-state index in [1.54, 1.807) is 36.9 Å². The molecule has 11 nitrogen and oxygen atoms in total. The number of aromatic nitrogens is 4. The maximum atomic E-state index is 13.3. The minimum atomic E-state index is -3.41. The molecular formula is C26H33N7O4S2. The number of anilines is 1. The average Bonchev–Trinajstić information content (AvgIpc) is 3.70. The molecule has 1 amide bonds. The minimum Gasteiger partial charge on any atom is -0.477 e. The van der Waals surface area contributed by atoms with Gasteiger partial charge in [0.15, 0.2) is 5.01 Å². The normalized spacial score (nSPS) is 16.9. The number of nitrogens with one attached hydrogen (secondary N) is 2. The molecule has 0 spiro atoms. The van der Waals surface area contributed by atoms with Crippen LogP contribution in [0.2, 0.25) is 0 Å². The van der Waals surface area contributed by atoms with Crippen LogP contribution in [0.3, 0.4) is 0 Å². The van der Waals surface area contributed by atoms with Gasteiger partial charge in [-0.2, -0.15) is 0 Å². The Labute approximate surface area is 232 Å². The molecule has 2 N–H and O–H groups in total. The minimum absolute atomic E-state index is 0.294. The number of thiazole rings is 1. The third kappa shape index (κ3) is 7.28. The van der Waals surface area contributed by atoms with Gasteiger partial charge in [-0.05, 0) is 64.3 Å². The quantitative estimate of drug-likeness (QED) is 0.333. The zero-order valence-corrected chi connectivity index (χ0v) is 23.5. The molecule has 3 aromatic heterocycles. The lowest BCUT2D eigenvalue weighted by molar-refractivity contribution is 0.0928. The smallest absolute Gasteiger partial charge is 0.280 e. The summed E-state index contributed by atoms with van der Waals surface area (Å²) in [7, 11) is -3.41. The van der Waals surface area contributed by atoms with E-state index in [4.69, 9.17) is 4.74 Å². The first-order valence-corrected chi connectivity index (χ1v) is 15.7. The largest absolute Gasteiger partial charge is 0.477 e. The Morgan fingerprint density at radius 3 is 2.77 bits per heavy atom. The molecule has 2 aliphatic rings. The van der Waals surface area contributed by atoms with E-state index in [0.29, 0.717) is 58.7 Å². The van der Waals surface area contributed by atoms with Crippen molar-refractivity contribution >= 4 is 33.0 Å². The molecule has 13 heteroatoms. The number of amides is 1. The molecule has 1 saturated heterocycles. The van der Waals surface area contributed by atoms with E-state index in [1.807, 2.05) is 6.92 Å². The van der Waals surface area contributed by atoms with Crippen LogP contribution in [-0.4, -0.2) is 70.7 Å². The van der Waals surface area contributed by atoms with Gasteiger partial charge in [-0.1, -0.05) is 6.42 Å². The number of sulfonamides is 1. The highest BCUT2D eigenvalue weighted by Crippen LogP contribution is 2.31. The van der Waals surface area contributed by atoms with Gasteiger partial charge in [0, 0.05) is 18.9 Å². The molecule has 0 unspecified atom stereocenters. The van der Waals surface area contributed by atoms with E-state index >= 15 is 0 Å². The highest BCUT2D eigenvalue weighted by atomic mass is 32.2. The molecule has 0 radical (unpaired) electrons. The highest BCUT2D eigenvalue weighted by Gasteiger charge is 2.35. The van der Waals surface area contributed by atoms with Crippen LogP contribution in [0.4, 0.5) is 5.69 Å². The van der Waals surface area contributed by atoms with Crippen molar-refractivity contribution in [3.05, 3.63) is 47.6 Å². The Morgan fingerprint density at radius 1 is 1.18 bits per heavy atom. The van der Waals surface area contributed by atoms with E-state index < -0.39 is 16.1 Å². The molecule has 0 bridgehead atoms. The number of pyridine rings is 1. The maximum absolute atomic E-state index is 13.3. The number of ether oxygens (including phenoxy) is 1. The number of carbonyl (C=O) groups is 1. The second kappa shape index (κ2) is 12.3. The van der Waals surface area contributed by atoms with Crippen LogP contribution >= 0.6 is 11.3 Å². The number of hydrogen-bond acceptors (Lipinski definition) is 10. The van der Waals surface area contributed by atoms with E-state index in [9.17, 15) is 13.2 Å². The summed E-state index contributed by atoms with van der Waals surface area (Å²) in [5, 5.41) is 3.05. The van der Waals surface area contributed by atoms with Crippen LogP contribution in [-0.2, 0) is 10.0 Å². The lowest BCUT2D eigenvalue weighted by Crippen LogP contribution is -2.35. The van der Waals surface area contributed by atoms with Gasteiger partial charge in [0.1, 0.15) is 5.69 Å². The first kappa shape index (κ1) is 27.4. The standard InChI is InChI=1S/C26H33N7O4S2/c1-2-37-24-17-27-15-22(30-24)23-16-29-26(38-23)25(34)31-20(9-13-33-11-4-3-5-12-33)21-14-18(8-10-28-21)32-39(35,36)19-6-7-19/h8,10,14-17,19-20H,2-7,9,11-13H2,1H3,(H,28,32)(H,31,34)/t20-/m0/s1. The van der Waals surface area contributed by atoms with Crippen LogP contribution in [0.25, 0.3) is 10.6 Å². The zero-order chi connectivity index (χ0) is 27.2. The highest BCUT2D eigenvalue weighted by molar-refractivity contribution is 7.93. The van der Waals surface area contributed by atoms with Crippen molar-refractivity contribution < 1.29 is 17.9 Å². The number of rotatable bonds is 12. The van der Waals surface area contributed by atoms with Crippen LogP contribution in [0.5, 0.6) is 5.88 Å². The summed E-state index contributed by atoms with van der Waals surface area (Å²) in [6, 6.07) is 2.93. The van der Waals surface area contributed by atoms with E-state index in [-0.39, 0.29) is 11.2 Å². The molecular weight excluding hydrogens is 538 g/mol. The van der Waals surface area contributed by atoms with Crippen molar-refractivity contribution in [3.8, 4) is 16.5 Å². The number of carbonyl (C=O) groups excluding carboxylic acids is 1. The summed E-state index contributed by atoms with van der Waals surface area (Å²) in [6.07, 6.45) is 11.9. The molecule has 0 aromatic carbocycles. The third-order valence-electron chi connectivity index (χ3n) is 6.71. The number of likely N-dealkylation sites (tertiary alicyclic amines) is 1. The average molecular weight is 572 g/mol. The van der Waals surface area contributed by atoms with E-state index in [0.717, 1.165) is 19.6 Å². The Balaban J connectivity index is 1.33. The Bertz CT molecular complexity index is 1390. The van der Waals surface area contributed by atoms with Gasteiger partial charge in [0.25, 0.3) is 5.91 Å². The second-order valence-electron chi connectivity index (χ2n) is 9.74. The van der Waals surface area contributed by atoms with Crippen molar-refractivity contribution in [1.82, 2.24) is 30.2 Å². The lowest BCUT2D eigenvalue weighted by Gasteiger charge is -2.28. The molecule has 208 valence electrons. The summed E-state index contributed by atoms with van der Waals surface area (Å²) in [5.41, 5.74) is 1.63. The van der Waals surface area contributed by atoms with Gasteiger partial charge in [-0.3, -0.25) is 19.5 Å². The van der Waals surface area contributed by atoms with Crippen molar-refractivity contribution in [2.75, 3.05) is 31.0 Å². The molecule has 3 aromatic rings. The Morgan fingerprint density at radius 2 is 2.00 bits per heavy atom. The molecule has 1 saturated carbocycles. The summed E-state index contributed by atoms with van der Waals surface area (Å²) in [5.74, 6) is 0.0880. The van der Waals surface area contributed by atoms with Gasteiger partial charge in [0.2, 0.25) is 15.9 Å². The molecule has 2 fully saturated rings. The fourth-order valence-corrected chi connectivity index (χ4v) is 6.67. The summed E-state index contributed by atoms with van der Waals surface area (Å²) in [4.78, 5) is 33.9. The zero-order valence-electron chi connectivity index (χ0n) is 21.9. The van der Waals surface area contributed by atoms with Crippen LogP contribution in [0, 0.1) is 0 Å². The van der Waals surface area contributed by atoms with Crippen LogP contribution in [0.1, 0.15) is 67.0 Å². The fourth-order valence-electron chi connectivity index (χ4n) is 4.52. The Kier molecular flexibility index (Phi) is 8.68. The van der Waals surface area contributed by atoms with Crippen molar-refractivity contribution in [1.29, 1.82) is 0 Å². The van der Waals surface area contributed by atoms with Gasteiger partial charge < -0.3 is 15.0 Å². The van der Waals surface area contributed by atoms with Crippen LogP contribution in [0.15, 0.2) is 36.9 Å². The fraction of sp³-hybridized carbons (Fsp3) is 0.500. The first-order chi connectivity index (χ1) is 18.9. The monoisotopic (exact) mass is 571 g/mol. The predicted octanol–water partition coefficient (Wildman–Crippen LogP) is 3.65. The summed E-state index contributed by atoms with van der Waals surface area (Å²) in [6.45, 7) is 5.22. The Hall–Kier alpha value is -3.16. The van der Waals surface area contributed by atoms with Gasteiger partial charge in [0.05, 0.1) is 46.6 Å². The second-order valence-corrected chi connectivity index (χ2v) is 12.7. The van der Waals surface area contributed by atoms with E-state index in [1.165, 1.54) is 30.6 Å². The molecule has 5 rings (SSSR count). The molecule has 1 aliphatic heterocycles. The summed E-state index contributed by atoms with van der Waals surface area (Å²) < 4.78 is 33.1. The molecule has 1 atom stereocenters. The number of piperidine rings is 1. The van der Waals surface area contributed by atoms with Crippen molar-refractivity contribution in [3.63, 3.8) is 0 Å². The molecule has 4 heterocycles. The predicted molar refractivity (Wildman–Crippen MR) is 149 cm³/mol. The topological polar surface area (TPSA) is 139 Å². The lowest BCUT2D eigenvalue weighted by atomic mass is 10.1. The third-order valence-corrected chi connectivity index (χ3v) is 9.59. The number of nitrogens with zero attached hydrogens (tertiary/aromatic N) is 5. The van der Waals surface area contributed by atoms with E-state index in [2.05, 4.69) is 34.9 Å². The van der Waals surface area contributed by atoms with Gasteiger partial charge >= 0.3 is 0 Å². The van der Waals surface area contributed by atoms with Gasteiger partial charge in [-0.25, -0.2) is 18.4 Å². The first-order valence-electron chi connectivity index (χ1n) is 13.3. The SMILES string of the molecule is CCOc1cncc(-c2cnc(C(=O)N[C@@H](CCN3CCCCC3)c3cc(NS(=O)(=O)C4CC4)ccn3)s2)n1. The van der Waals surface area contributed by atoms with Crippen LogP contribution < -0.4 is 14.8 Å². The molecule has 1 aliphatic carbocycles. The summed E-state index contributed by atoms with van der Waals surface area (Å²) >= 11 is 1.22. The van der Waals surface area contributed by atoms with Gasteiger partial charge in [-0.15, -0.1) is 11.3 Å².